The number of hydrogen-bond donors (Lipinski definition) is 0. The van der Waals surface area contributed by atoms with E-state index >= 15 is 0 Å². The van der Waals surface area contributed by atoms with Crippen LogP contribution in [0.2, 0.25) is 0 Å². The Bertz CT molecular complexity index is 1210. The molecule has 0 N–H and O–H groups in total. The summed E-state index contributed by atoms with van der Waals surface area (Å²) in [6.45, 7) is 4.24. The van der Waals surface area contributed by atoms with Crippen LogP contribution in [0.5, 0.6) is 0 Å². The van der Waals surface area contributed by atoms with Crippen LogP contribution in [-0.2, 0) is 18.3 Å². The van der Waals surface area contributed by atoms with Crippen LogP contribution in [0.15, 0.2) is 48.6 Å². The first-order valence-electron chi connectivity index (χ1n) is 12.9. The lowest BCUT2D eigenvalue weighted by Crippen LogP contribution is -2.52. The second kappa shape index (κ2) is 11.5. The topological polar surface area (TPSA) is 41.6 Å². The van der Waals surface area contributed by atoms with Gasteiger partial charge in [-0.05, 0) is 63.6 Å². The zero-order valence-electron chi connectivity index (χ0n) is 21.7. The van der Waals surface area contributed by atoms with Crippen LogP contribution in [0.3, 0.4) is 0 Å². The summed E-state index contributed by atoms with van der Waals surface area (Å²) < 4.78 is 48.5. The molecule has 0 radical (unpaired) electrons. The minimum absolute atomic E-state index is 0.152. The Morgan fingerprint density at radius 2 is 1.92 bits per heavy atom. The van der Waals surface area contributed by atoms with E-state index in [1.54, 1.807) is 5.57 Å². The molecule has 5 rings (SSSR count). The minimum Gasteiger partial charge on any atom is -0.458 e. The smallest absolute Gasteiger partial charge is 0.458 e. The maximum Gasteiger partial charge on any atom is 0.673 e. The largest absolute Gasteiger partial charge is 0.673 e. The summed E-state index contributed by atoms with van der Waals surface area (Å²) in [6.07, 6.45) is 16.4. The predicted molar refractivity (Wildman–Crippen MR) is 144 cm³/mol. The van der Waals surface area contributed by atoms with E-state index in [1.165, 1.54) is 31.4 Å². The summed E-state index contributed by atoms with van der Waals surface area (Å²) in [5, 5.41) is 0. The quantitative estimate of drug-likeness (QED) is 0.108. The molecular weight excluding hydrogens is 519 g/mol. The molecule has 3 aliphatic rings. The van der Waals surface area contributed by atoms with Crippen LogP contribution in [0, 0.1) is 0 Å². The monoisotopic (exact) mass is 552 g/mol. The number of carbonyl (C=O) groups is 1. The van der Waals surface area contributed by atoms with Crippen LogP contribution in [0.4, 0.5) is 28.6 Å². The third kappa shape index (κ3) is 6.57. The molecule has 12 heteroatoms. The third-order valence-corrected chi connectivity index (χ3v) is 7.70. The second-order valence-electron chi connectivity index (χ2n) is 10.1. The summed E-state index contributed by atoms with van der Waals surface area (Å²) in [5.41, 5.74) is 4.24. The highest BCUT2D eigenvalue weighted by Crippen LogP contribution is 2.51. The number of hydrogen-bond acceptors (Lipinski definition) is 4. The van der Waals surface area contributed by atoms with Gasteiger partial charge in [-0.2, -0.15) is 0 Å². The van der Waals surface area contributed by atoms with Crippen molar-refractivity contribution < 1.29 is 31.4 Å². The molecule has 38 heavy (non-hydrogen) atoms. The van der Waals surface area contributed by atoms with Crippen molar-refractivity contribution in [1.29, 1.82) is 0 Å². The average molecular weight is 552 g/mol. The Kier molecular flexibility index (Phi) is 8.49. The van der Waals surface area contributed by atoms with Crippen LogP contribution in [0.1, 0.15) is 62.2 Å². The van der Waals surface area contributed by atoms with Gasteiger partial charge in [0.05, 0.1) is 29.0 Å². The fraction of sp³-hybridized carbons (Fsp3) is 0.500. The zero-order chi connectivity index (χ0) is 27.5. The van der Waals surface area contributed by atoms with E-state index in [9.17, 15) is 22.1 Å². The summed E-state index contributed by atoms with van der Waals surface area (Å²) in [5.74, 6) is -0.285. The molecule has 0 saturated carbocycles. The number of halogens is 4. The second-order valence-corrected chi connectivity index (χ2v) is 10.6. The van der Waals surface area contributed by atoms with Crippen molar-refractivity contribution >= 4 is 41.8 Å². The number of nitrogens with zero attached hydrogens (tertiary/aromatic N) is 4. The van der Waals surface area contributed by atoms with Gasteiger partial charge in [-0.3, -0.25) is 0 Å². The molecule has 1 saturated heterocycles. The van der Waals surface area contributed by atoms with E-state index in [4.69, 9.17) is 17.0 Å². The Morgan fingerprint density at radius 1 is 1.16 bits per heavy atom. The SMILES string of the molecule is C[n+]1ccn(CCOC(=O)c2ccc3c(c2)N2C(=S)CCC2(C)N3CCC2=CCCCC2)c1.F[B-](F)(F)F. The number of allylic oxidation sites excluding steroid dienone is 1. The number of rotatable bonds is 7. The number of anilines is 2. The van der Waals surface area contributed by atoms with Crippen LogP contribution < -0.4 is 14.4 Å². The molecule has 1 aromatic heterocycles. The zero-order valence-corrected chi connectivity index (χ0v) is 22.5. The first-order valence-corrected chi connectivity index (χ1v) is 13.3. The van der Waals surface area contributed by atoms with Crippen LogP contribution in [0.25, 0.3) is 0 Å². The lowest BCUT2D eigenvalue weighted by Gasteiger charge is -2.38. The number of ether oxygens (including phenoxy) is 1. The highest BCUT2D eigenvalue weighted by atomic mass is 32.1. The van der Waals surface area contributed by atoms with Crippen molar-refractivity contribution in [3.05, 3.63) is 54.1 Å². The number of aryl methyl sites for hydroxylation is 1. The van der Waals surface area contributed by atoms with Gasteiger partial charge in [0.15, 0.2) is 0 Å². The number of aromatic nitrogens is 2. The molecule has 0 bridgehead atoms. The molecule has 0 amide bonds. The van der Waals surface area contributed by atoms with E-state index in [1.807, 2.05) is 47.0 Å². The molecule has 206 valence electrons. The van der Waals surface area contributed by atoms with Gasteiger partial charge in [-0.1, -0.05) is 23.9 Å². The van der Waals surface area contributed by atoms with Gasteiger partial charge in [0.25, 0.3) is 0 Å². The summed E-state index contributed by atoms with van der Waals surface area (Å²) in [4.78, 5) is 18.6. The predicted octanol–water partition coefficient (Wildman–Crippen LogP) is 5.82. The normalized spacial score (nSPS) is 20.5. The van der Waals surface area contributed by atoms with E-state index in [-0.39, 0.29) is 11.6 Å². The minimum atomic E-state index is -6.00. The molecule has 2 aromatic rings. The molecule has 6 nitrogen and oxygen atoms in total. The molecular formula is C26H33BF4N4O2S. The Hall–Kier alpha value is -2.89. The molecule has 1 aliphatic carbocycles. The highest BCUT2D eigenvalue weighted by Gasteiger charge is 2.51. The first kappa shape index (κ1) is 28.1. The molecule has 0 spiro atoms. The van der Waals surface area contributed by atoms with E-state index in [0.717, 1.165) is 36.5 Å². The average Bonchev–Trinajstić information content (AvgIpc) is 3.48. The van der Waals surface area contributed by atoms with Crippen molar-refractivity contribution in [1.82, 2.24) is 4.57 Å². The fourth-order valence-corrected chi connectivity index (χ4v) is 5.91. The summed E-state index contributed by atoms with van der Waals surface area (Å²) in [7, 11) is -4.03. The highest BCUT2D eigenvalue weighted by molar-refractivity contribution is 7.80. The maximum absolute atomic E-state index is 12.8. The van der Waals surface area contributed by atoms with Crippen LogP contribution >= 0.6 is 12.2 Å². The molecule has 1 fully saturated rings. The van der Waals surface area contributed by atoms with Crippen molar-refractivity contribution in [3.63, 3.8) is 0 Å². The van der Waals surface area contributed by atoms with Crippen molar-refractivity contribution in [2.24, 2.45) is 7.05 Å². The van der Waals surface area contributed by atoms with Gasteiger partial charge in [-0.15, -0.1) is 0 Å². The molecule has 3 heterocycles. The molecule has 1 unspecified atom stereocenters. The van der Waals surface area contributed by atoms with Gasteiger partial charge >= 0.3 is 13.2 Å². The Balaban J connectivity index is 0.000000617. The number of carbonyl (C=O) groups excluding carboxylic acids is 1. The van der Waals surface area contributed by atoms with Crippen molar-refractivity contribution in [3.8, 4) is 0 Å². The van der Waals surface area contributed by atoms with E-state index < -0.39 is 7.25 Å². The molecule has 1 atom stereocenters. The van der Waals surface area contributed by atoms with Crippen molar-refractivity contribution in [2.75, 3.05) is 23.0 Å². The summed E-state index contributed by atoms with van der Waals surface area (Å²) in [6, 6.07) is 5.96. The lowest BCUT2D eigenvalue weighted by molar-refractivity contribution is -0.671. The Morgan fingerprint density at radius 3 is 2.58 bits per heavy atom. The number of imidazole rings is 1. The maximum atomic E-state index is 12.8. The standard InChI is InChI=1S/C26H33N4O2S.BF4/c1-26-12-10-24(33)30(26)23-18-21(25(31)32-17-16-28-15-14-27(2)19-28)8-9-22(23)29(26)13-11-20-6-4-3-5-7-20;2-1(3,4)5/h6,8-9,14-15,18-19H,3-5,7,10-13,16-17H2,1-2H3;/q+1;-1. The number of benzene rings is 1. The van der Waals surface area contributed by atoms with Gasteiger partial charge < -0.3 is 31.8 Å². The van der Waals surface area contributed by atoms with Gasteiger partial charge in [-0.25, -0.2) is 13.9 Å². The number of esters is 1. The number of fused-ring (bicyclic) bond motifs is 3. The van der Waals surface area contributed by atoms with Gasteiger partial charge in [0.2, 0.25) is 6.33 Å². The molecule has 2 aliphatic heterocycles. The Labute approximate surface area is 226 Å². The van der Waals surface area contributed by atoms with E-state index in [0.29, 0.717) is 18.7 Å². The van der Waals surface area contributed by atoms with Gasteiger partial charge in [0, 0.05) is 13.0 Å². The fourth-order valence-electron chi connectivity index (χ4n) is 5.51. The third-order valence-electron chi connectivity index (χ3n) is 7.32. The number of thiocarbonyl (C=S) groups is 1. The summed E-state index contributed by atoms with van der Waals surface area (Å²) >= 11 is 5.77. The lowest BCUT2D eigenvalue weighted by atomic mass is 9.96. The van der Waals surface area contributed by atoms with Gasteiger partial charge in [0.1, 0.15) is 31.2 Å². The molecule has 1 aromatic carbocycles. The first-order chi connectivity index (χ1) is 18.0. The van der Waals surface area contributed by atoms with Crippen molar-refractivity contribution in [2.45, 2.75) is 64.1 Å². The van der Waals surface area contributed by atoms with Crippen LogP contribution in [-0.4, -0.2) is 41.6 Å². The van der Waals surface area contributed by atoms with E-state index in [2.05, 4.69) is 28.9 Å².